The van der Waals surface area contributed by atoms with Gasteiger partial charge in [0.2, 0.25) is 5.91 Å². The van der Waals surface area contributed by atoms with Crippen molar-refractivity contribution in [3.63, 3.8) is 0 Å². The Morgan fingerprint density at radius 3 is 2.76 bits per heavy atom. The summed E-state index contributed by atoms with van der Waals surface area (Å²) in [7, 11) is 0. The van der Waals surface area contributed by atoms with E-state index < -0.39 is 0 Å². The average molecular weight is 520 g/mol. The lowest BCUT2D eigenvalue weighted by molar-refractivity contribution is -0.128. The van der Waals surface area contributed by atoms with Gasteiger partial charge in [-0.2, -0.15) is 10.2 Å². The standard InChI is InChI=1S/C27H30FN7OS/c1-17-21(13-32-35(17)20-5-7-27(8-6-20)9-11-33(16-27)18(2)36)19-12-24(25-23(29)14-31-34(25)15-19)37-26-22(28)4-3-10-30-26/h3-4,10,12-15,20H,5-9,11,16,29H2,1-2H3. The van der Waals surface area contributed by atoms with Crippen molar-refractivity contribution in [3.05, 3.63) is 54.5 Å². The van der Waals surface area contributed by atoms with Gasteiger partial charge in [-0.3, -0.25) is 9.48 Å². The van der Waals surface area contributed by atoms with E-state index >= 15 is 0 Å². The highest BCUT2D eigenvalue weighted by Gasteiger charge is 2.42. The van der Waals surface area contributed by atoms with Crippen molar-refractivity contribution in [2.45, 2.75) is 61.9 Å². The summed E-state index contributed by atoms with van der Waals surface area (Å²) in [4.78, 5) is 18.8. The summed E-state index contributed by atoms with van der Waals surface area (Å²) in [5.41, 5.74) is 10.8. The van der Waals surface area contributed by atoms with Gasteiger partial charge < -0.3 is 10.6 Å². The molecule has 1 saturated carbocycles. The number of rotatable bonds is 4. The number of nitrogens with zero attached hydrogens (tertiary/aromatic N) is 6. The minimum atomic E-state index is -0.373. The van der Waals surface area contributed by atoms with E-state index in [4.69, 9.17) is 10.8 Å². The molecule has 2 N–H and O–H groups in total. The third-order valence-electron chi connectivity index (χ3n) is 8.14. The largest absolute Gasteiger partial charge is 0.396 e. The molecule has 0 aromatic carbocycles. The summed E-state index contributed by atoms with van der Waals surface area (Å²) in [6.07, 6.45) is 12.5. The highest BCUT2D eigenvalue weighted by molar-refractivity contribution is 7.99. The Hall–Kier alpha value is -3.40. The van der Waals surface area contributed by atoms with Crippen LogP contribution in [0.15, 0.2) is 52.9 Å². The summed E-state index contributed by atoms with van der Waals surface area (Å²) in [5, 5.41) is 9.52. The molecular formula is C27H30FN7OS. The van der Waals surface area contributed by atoms with Crippen molar-refractivity contribution < 1.29 is 9.18 Å². The summed E-state index contributed by atoms with van der Waals surface area (Å²) >= 11 is 1.24. The monoisotopic (exact) mass is 519 g/mol. The molecule has 192 valence electrons. The Bertz CT molecular complexity index is 1490. The molecule has 0 atom stereocenters. The zero-order valence-electron chi connectivity index (χ0n) is 21.0. The van der Waals surface area contributed by atoms with E-state index in [0.29, 0.717) is 16.8 Å². The third-order valence-corrected chi connectivity index (χ3v) is 9.16. The molecule has 0 radical (unpaired) electrons. The molecule has 0 unspecified atom stereocenters. The lowest BCUT2D eigenvalue weighted by atomic mass is 9.72. The highest BCUT2D eigenvalue weighted by Crippen LogP contribution is 2.47. The van der Waals surface area contributed by atoms with E-state index in [1.54, 1.807) is 29.9 Å². The molecule has 1 spiro atoms. The Morgan fingerprint density at radius 1 is 1.22 bits per heavy atom. The molecule has 37 heavy (non-hydrogen) atoms. The Labute approximate surface area is 219 Å². The van der Waals surface area contributed by atoms with Crippen LogP contribution >= 0.6 is 11.8 Å². The van der Waals surface area contributed by atoms with Crippen LogP contribution in [0.5, 0.6) is 0 Å². The molecule has 1 aliphatic carbocycles. The van der Waals surface area contributed by atoms with Crippen molar-refractivity contribution in [3.8, 4) is 11.1 Å². The van der Waals surface area contributed by atoms with Gasteiger partial charge in [0.25, 0.3) is 0 Å². The van der Waals surface area contributed by atoms with Gasteiger partial charge in [-0.25, -0.2) is 13.9 Å². The van der Waals surface area contributed by atoms with E-state index in [1.165, 1.54) is 17.8 Å². The summed E-state index contributed by atoms with van der Waals surface area (Å²) < 4.78 is 18.3. The van der Waals surface area contributed by atoms with Crippen molar-refractivity contribution in [2.75, 3.05) is 18.8 Å². The number of hydrogen-bond donors (Lipinski definition) is 1. The number of halogens is 1. The zero-order chi connectivity index (χ0) is 25.7. The van der Waals surface area contributed by atoms with Gasteiger partial charge in [-0.15, -0.1) is 0 Å². The van der Waals surface area contributed by atoms with Gasteiger partial charge >= 0.3 is 0 Å². The molecule has 1 aliphatic heterocycles. The number of hydrogen-bond acceptors (Lipinski definition) is 6. The molecule has 5 heterocycles. The number of amides is 1. The van der Waals surface area contributed by atoms with E-state index in [2.05, 4.69) is 21.7 Å². The molecule has 6 rings (SSSR count). The topological polar surface area (TPSA) is 94.3 Å². The minimum absolute atomic E-state index is 0.186. The van der Waals surface area contributed by atoms with Crippen molar-refractivity contribution >= 4 is 28.9 Å². The number of nitrogens with two attached hydrogens (primary N) is 1. The average Bonchev–Trinajstić information content (AvgIpc) is 3.59. The predicted octanol–water partition coefficient (Wildman–Crippen LogP) is 5.13. The Balaban J connectivity index is 1.28. The van der Waals surface area contributed by atoms with Crippen molar-refractivity contribution in [1.29, 1.82) is 0 Å². The van der Waals surface area contributed by atoms with Gasteiger partial charge in [-0.05, 0) is 62.6 Å². The summed E-state index contributed by atoms with van der Waals surface area (Å²) in [6, 6.07) is 5.34. The van der Waals surface area contributed by atoms with Gasteiger partial charge in [0.05, 0.1) is 24.1 Å². The van der Waals surface area contributed by atoms with E-state index in [-0.39, 0.29) is 17.1 Å². The Kier molecular flexibility index (Phi) is 5.94. The Morgan fingerprint density at radius 2 is 2.03 bits per heavy atom. The zero-order valence-corrected chi connectivity index (χ0v) is 21.8. The molecule has 4 aromatic heterocycles. The molecule has 10 heteroatoms. The number of nitrogen functional groups attached to an aromatic ring is 1. The molecule has 0 bridgehead atoms. The number of anilines is 1. The molecule has 1 saturated heterocycles. The number of fused-ring (bicyclic) bond motifs is 1. The first kappa shape index (κ1) is 24.0. The van der Waals surface area contributed by atoms with Crippen LogP contribution in [0.25, 0.3) is 16.6 Å². The van der Waals surface area contributed by atoms with Crippen molar-refractivity contribution in [1.82, 2.24) is 29.3 Å². The summed E-state index contributed by atoms with van der Waals surface area (Å²) in [5.74, 6) is -0.187. The number of likely N-dealkylation sites (tertiary alicyclic amines) is 1. The fraction of sp³-hybridized carbons (Fsp3) is 0.407. The number of carbonyl (C=O) groups is 1. The predicted molar refractivity (Wildman–Crippen MR) is 141 cm³/mol. The first-order valence-electron chi connectivity index (χ1n) is 12.7. The van der Waals surface area contributed by atoms with Gasteiger partial charge in [0.15, 0.2) is 5.82 Å². The van der Waals surface area contributed by atoms with E-state index in [9.17, 15) is 9.18 Å². The van der Waals surface area contributed by atoms with Gasteiger partial charge in [0.1, 0.15) is 10.5 Å². The van der Waals surface area contributed by atoms with Crippen LogP contribution in [0.2, 0.25) is 0 Å². The van der Waals surface area contributed by atoms with E-state index in [0.717, 1.165) is 72.4 Å². The quantitative estimate of drug-likeness (QED) is 0.402. The van der Waals surface area contributed by atoms with E-state index in [1.807, 2.05) is 23.4 Å². The van der Waals surface area contributed by atoms with Gasteiger partial charge in [0, 0.05) is 54.1 Å². The van der Waals surface area contributed by atoms with Crippen molar-refractivity contribution in [2.24, 2.45) is 5.41 Å². The van der Waals surface area contributed by atoms with Crippen LogP contribution < -0.4 is 5.73 Å². The maximum absolute atomic E-state index is 14.4. The SMILES string of the molecule is CC(=O)N1CCC2(CCC(n3ncc(-c4cc(Sc5ncccc5F)c5c(N)cnn5c4)c3C)CC2)C1. The first-order chi connectivity index (χ1) is 17.8. The maximum atomic E-state index is 14.4. The highest BCUT2D eigenvalue weighted by atomic mass is 32.2. The second-order valence-corrected chi connectivity index (χ2v) is 11.4. The lowest BCUT2D eigenvalue weighted by Gasteiger charge is -2.37. The molecule has 1 amide bonds. The first-order valence-corrected chi connectivity index (χ1v) is 13.5. The second kappa shape index (κ2) is 9.16. The van der Waals surface area contributed by atoms with Crippen LogP contribution in [-0.4, -0.2) is 48.3 Å². The number of aromatic nitrogens is 5. The van der Waals surface area contributed by atoms with Gasteiger partial charge in [-0.1, -0.05) is 11.8 Å². The lowest BCUT2D eigenvalue weighted by Crippen LogP contribution is -2.34. The normalized spacial score (nSPS) is 21.8. The van der Waals surface area contributed by atoms with Crippen LogP contribution in [0.1, 0.15) is 50.8 Å². The number of pyridine rings is 2. The number of carbonyl (C=O) groups excluding carboxylic acids is 1. The van der Waals surface area contributed by atoms with Crippen LogP contribution in [0, 0.1) is 18.2 Å². The minimum Gasteiger partial charge on any atom is -0.396 e. The second-order valence-electron chi connectivity index (χ2n) is 10.4. The molecule has 4 aromatic rings. The van der Waals surface area contributed by atoms with Crippen LogP contribution in [0.3, 0.4) is 0 Å². The maximum Gasteiger partial charge on any atom is 0.219 e. The fourth-order valence-corrected chi connectivity index (χ4v) is 7.01. The molecule has 8 nitrogen and oxygen atoms in total. The molecule has 2 aliphatic rings. The third kappa shape index (κ3) is 4.27. The van der Waals surface area contributed by atoms with Crippen LogP contribution in [-0.2, 0) is 4.79 Å². The molecular weight excluding hydrogens is 489 g/mol. The smallest absolute Gasteiger partial charge is 0.219 e. The summed E-state index contributed by atoms with van der Waals surface area (Å²) in [6.45, 7) is 5.55. The molecule has 2 fully saturated rings. The fourth-order valence-electron chi connectivity index (χ4n) is 6.03. The van der Waals surface area contributed by atoms with Crippen LogP contribution in [0.4, 0.5) is 10.1 Å².